The van der Waals surface area contributed by atoms with Gasteiger partial charge >= 0.3 is 7.60 Å². The lowest BCUT2D eigenvalue weighted by Crippen LogP contribution is -2.00. The van der Waals surface area contributed by atoms with E-state index in [-0.39, 0.29) is 6.16 Å². The third kappa shape index (κ3) is 4.12. The second-order valence-corrected chi connectivity index (χ2v) is 4.98. The maximum Gasteiger partial charge on any atom is 0.336 e. The molecule has 0 bridgehead atoms. The number of hydrogen-bond donors (Lipinski definition) is 0. The molecule has 0 amide bonds. The molecular formula is C10H16NO3P. The first kappa shape index (κ1) is 12.4. The summed E-state index contributed by atoms with van der Waals surface area (Å²) in [6.45, 7) is 4.35. The van der Waals surface area contributed by atoms with E-state index in [0.29, 0.717) is 13.2 Å². The highest BCUT2D eigenvalue weighted by Gasteiger charge is 2.24. The van der Waals surface area contributed by atoms with Crippen LogP contribution in [0.25, 0.3) is 0 Å². The molecule has 4 nitrogen and oxygen atoms in total. The summed E-state index contributed by atoms with van der Waals surface area (Å²) < 4.78 is 22.4. The minimum atomic E-state index is -3.00. The molecule has 1 aromatic rings. The number of nitrogens with zero attached hydrogens (tertiary/aromatic N) is 1. The molecule has 1 aromatic heterocycles. The molecular weight excluding hydrogens is 213 g/mol. The van der Waals surface area contributed by atoms with Crippen LogP contribution in [-0.2, 0) is 19.8 Å². The molecule has 0 unspecified atom stereocenters. The van der Waals surface area contributed by atoms with Gasteiger partial charge in [-0.2, -0.15) is 0 Å². The van der Waals surface area contributed by atoms with E-state index in [1.807, 2.05) is 18.2 Å². The second-order valence-electron chi connectivity index (χ2n) is 2.93. The fraction of sp³-hybridized carbons (Fsp3) is 0.500. The monoisotopic (exact) mass is 229 g/mol. The van der Waals surface area contributed by atoms with Crippen molar-refractivity contribution in [2.45, 2.75) is 20.0 Å². The lowest BCUT2D eigenvalue weighted by molar-refractivity contribution is 0.219. The van der Waals surface area contributed by atoms with E-state index in [2.05, 4.69) is 4.98 Å². The van der Waals surface area contributed by atoms with E-state index < -0.39 is 7.60 Å². The quantitative estimate of drug-likeness (QED) is 0.704. The SMILES string of the molecule is CCOP(=O)(Cc1ccccn1)OCC. The summed E-state index contributed by atoms with van der Waals surface area (Å²) in [6.07, 6.45) is 1.90. The predicted octanol–water partition coefficient (Wildman–Crippen LogP) is 2.85. The van der Waals surface area contributed by atoms with Crippen LogP contribution in [0.5, 0.6) is 0 Å². The molecule has 0 aliphatic rings. The van der Waals surface area contributed by atoms with Gasteiger partial charge in [-0.1, -0.05) is 6.07 Å². The van der Waals surface area contributed by atoms with Gasteiger partial charge in [0, 0.05) is 6.20 Å². The van der Waals surface area contributed by atoms with Crippen LogP contribution in [0.4, 0.5) is 0 Å². The number of rotatable bonds is 6. The third-order valence-electron chi connectivity index (χ3n) is 1.73. The predicted molar refractivity (Wildman–Crippen MR) is 58.8 cm³/mol. The van der Waals surface area contributed by atoms with Gasteiger partial charge in [0.25, 0.3) is 0 Å². The molecule has 0 spiro atoms. The fourth-order valence-electron chi connectivity index (χ4n) is 1.21. The van der Waals surface area contributed by atoms with E-state index in [9.17, 15) is 4.57 Å². The van der Waals surface area contributed by atoms with E-state index in [1.54, 1.807) is 20.0 Å². The highest BCUT2D eigenvalue weighted by molar-refractivity contribution is 7.53. The summed E-state index contributed by atoms with van der Waals surface area (Å²) in [5, 5.41) is 0. The minimum Gasteiger partial charge on any atom is -0.309 e. The van der Waals surface area contributed by atoms with Crippen LogP contribution in [-0.4, -0.2) is 18.2 Å². The van der Waals surface area contributed by atoms with E-state index in [0.717, 1.165) is 5.69 Å². The van der Waals surface area contributed by atoms with Crippen molar-refractivity contribution in [3.8, 4) is 0 Å². The van der Waals surface area contributed by atoms with Crippen LogP contribution in [0.1, 0.15) is 19.5 Å². The Morgan fingerprint density at radius 3 is 2.40 bits per heavy atom. The molecule has 0 N–H and O–H groups in total. The summed E-state index contributed by atoms with van der Waals surface area (Å²) in [4.78, 5) is 4.10. The van der Waals surface area contributed by atoms with Crippen molar-refractivity contribution < 1.29 is 13.6 Å². The van der Waals surface area contributed by atoms with E-state index >= 15 is 0 Å². The van der Waals surface area contributed by atoms with Gasteiger partial charge in [-0.15, -0.1) is 0 Å². The Labute approximate surface area is 90.2 Å². The van der Waals surface area contributed by atoms with Crippen LogP contribution < -0.4 is 0 Å². The van der Waals surface area contributed by atoms with Gasteiger partial charge < -0.3 is 9.05 Å². The lowest BCUT2D eigenvalue weighted by atomic mass is 10.4. The van der Waals surface area contributed by atoms with Crippen molar-refractivity contribution in [2.75, 3.05) is 13.2 Å². The summed E-state index contributed by atoms with van der Waals surface area (Å²) in [7, 11) is -3.00. The van der Waals surface area contributed by atoms with E-state index in [1.165, 1.54) is 0 Å². The molecule has 0 aliphatic heterocycles. The molecule has 5 heteroatoms. The zero-order valence-electron chi connectivity index (χ0n) is 9.05. The van der Waals surface area contributed by atoms with Crippen molar-refractivity contribution in [1.29, 1.82) is 0 Å². The van der Waals surface area contributed by atoms with Gasteiger partial charge in [0.2, 0.25) is 0 Å². The highest BCUT2D eigenvalue weighted by atomic mass is 31.2. The molecule has 0 fully saturated rings. The first-order valence-electron chi connectivity index (χ1n) is 4.98. The number of hydrogen-bond acceptors (Lipinski definition) is 4. The normalized spacial score (nSPS) is 11.6. The zero-order chi connectivity index (χ0) is 11.1. The van der Waals surface area contributed by atoms with Crippen LogP contribution in [0.3, 0.4) is 0 Å². The van der Waals surface area contributed by atoms with Gasteiger partial charge in [0.15, 0.2) is 0 Å². The highest BCUT2D eigenvalue weighted by Crippen LogP contribution is 2.50. The molecule has 15 heavy (non-hydrogen) atoms. The molecule has 0 radical (unpaired) electrons. The third-order valence-corrected chi connectivity index (χ3v) is 3.75. The zero-order valence-corrected chi connectivity index (χ0v) is 9.94. The summed E-state index contributed by atoms with van der Waals surface area (Å²) in [6, 6.07) is 5.48. The fourth-order valence-corrected chi connectivity index (χ4v) is 2.84. The molecule has 1 heterocycles. The molecule has 0 aromatic carbocycles. The Bertz CT molecular complexity index is 319. The van der Waals surface area contributed by atoms with Crippen molar-refractivity contribution in [1.82, 2.24) is 4.98 Å². The largest absolute Gasteiger partial charge is 0.336 e. The minimum absolute atomic E-state index is 0.232. The molecule has 1 rings (SSSR count). The maximum absolute atomic E-state index is 12.1. The average Bonchev–Trinajstić information content (AvgIpc) is 2.19. The summed E-state index contributed by atoms with van der Waals surface area (Å²) in [5.41, 5.74) is 0.725. The Kier molecular flexibility index (Phi) is 4.95. The van der Waals surface area contributed by atoms with Crippen molar-refractivity contribution >= 4 is 7.60 Å². The smallest absolute Gasteiger partial charge is 0.309 e. The Morgan fingerprint density at radius 1 is 1.27 bits per heavy atom. The summed E-state index contributed by atoms with van der Waals surface area (Å²) in [5.74, 6) is 0. The van der Waals surface area contributed by atoms with Crippen molar-refractivity contribution in [2.24, 2.45) is 0 Å². The van der Waals surface area contributed by atoms with Crippen molar-refractivity contribution in [3.05, 3.63) is 30.1 Å². The van der Waals surface area contributed by atoms with Crippen LogP contribution in [0.2, 0.25) is 0 Å². The molecule has 0 saturated carbocycles. The lowest BCUT2D eigenvalue weighted by Gasteiger charge is -2.16. The summed E-state index contributed by atoms with van der Waals surface area (Å²) >= 11 is 0. The van der Waals surface area contributed by atoms with Crippen LogP contribution in [0.15, 0.2) is 24.4 Å². The van der Waals surface area contributed by atoms with Crippen LogP contribution in [0, 0.1) is 0 Å². The van der Waals surface area contributed by atoms with Crippen LogP contribution >= 0.6 is 7.60 Å². The van der Waals surface area contributed by atoms with Crippen molar-refractivity contribution in [3.63, 3.8) is 0 Å². The molecule has 0 aliphatic carbocycles. The Morgan fingerprint density at radius 2 is 1.93 bits per heavy atom. The van der Waals surface area contributed by atoms with Gasteiger partial charge in [-0.3, -0.25) is 9.55 Å². The van der Waals surface area contributed by atoms with Gasteiger partial charge in [-0.05, 0) is 26.0 Å². The van der Waals surface area contributed by atoms with E-state index in [4.69, 9.17) is 9.05 Å². The number of aromatic nitrogens is 1. The second kappa shape index (κ2) is 6.01. The molecule has 0 saturated heterocycles. The average molecular weight is 229 g/mol. The maximum atomic E-state index is 12.1. The van der Waals surface area contributed by atoms with Gasteiger partial charge in [0.1, 0.15) is 0 Å². The van der Waals surface area contributed by atoms with Gasteiger partial charge in [-0.25, -0.2) is 0 Å². The standard InChI is InChI=1S/C10H16NO3P/c1-3-13-15(12,14-4-2)9-10-7-5-6-8-11-10/h5-8H,3-4,9H2,1-2H3. The Balaban J connectivity index is 2.71. The topological polar surface area (TPSA) is 48.4 Å². The first-order valence-corrected chi connectivity index (χ1v) is 6.71. The van der Waals surface area contributed by atoms with Gasteiger partial charge in [0.05, 0.1) is 25.1 Å². The number of pyridine rings is 1. The molecule has 0 atom stereocenters. The first-order chi connectivity index (χ1) is 7.20. The Hall–Kier alpha value is -0.700. The molecule has 84 valence electrons.